The molecule has 0 heteroatoms. The maximum atomic E-state index is 2.35. The molecule has 24 heavy (non-hydrogen) atoms. The van der Waals surface area contributed by atoms with Gasteiger partial charge >= 0.3 is 0 Å². The molecule has 0 nitrogen and oxygen atoms in total. The molecular formula is C24H22. The molecule has 0 spiro atoms. The normalized spacial score (nSPS) is 15.2. The summed E-state index contributed by atoms with van der Waals surface area (Å²) in [6.07, 6.45) is 6.98. The Bertz CT molecular complexity index is 1070. The fourth-order valence-electron chi connectivity index (χ4n) is 3.54. The average Bonchev–Trinajstić information content (AvgIpc) is 2.94. The molecule has 0 atom stereocenters. The number of hydrogen-bond acceptors (Lipinski definition) is 0. The van der Waals surface area contributed by atoms with Crippen molar-refractivity contribution in [3.63, 3.8) is 0 Å². The molecular weight excluding hydrogens is 288 g/mol. The van der Waals surface area contributed by atoms with Crippen LogP contribution in [0.25, 0.3) is 34.1 Å². The molecule has 0 amide bonds. The van der Waals surface area contributed by atoms with Crippen molar-refractivity contribution in [2.75, 3.05) is 0 Å². The molecule has 0 saturated carbocycles. The van der Waals surface area contributed by atoms with Crippen molar-refractivity contribution in [1.29, 1.82) is 0 Å². The van der Waals surface area contributed by atoms with E-state index >= 15 is 0 Å². The lowest BCUT2D eigenvalue weighted by Gasteiger charge is -2.12. The largest absolute Gasteiger partial charge is 0.0718 e. The van der Waals surface area contributed by atoms with E-state index in [1.807, 2.05) is 0 Å². The third-order valence-electron chi connectivity index (χ3n) is 4.45. The van der Waals surface area contributed by atoms with Crippen LogP contribution in [0.15, 0.2) is 72.3 Å². The molecule has 118 valence electrons. The Balaban J connectivity index is 1.99. The Morgan fingerprint density at radius 2 is 1.42 bits per heavy atom. The Morgan fingerprint density at radius 3 is 2.25 bits per heavy atom. The SMILES string of the molecule is CC(C)(C)C=C1C=c2cccc(-c3cccc4ccccc34)c2=C1. The lowest BCUT2D eigenvalue weighted by molar-refractivity contribution is 0.543. The summed E-state index contributed by atoms with van der Waals surface area (Å²) in [4.78, 5) is 0. The predicted molar refractivity (Wildman–Crippen MR) is 105 cm³/mol. The number of allylic oxidation sites excluding steroid dienone is 2. The van der Waals surface area contributed by atoms with Crippen LogP contribution < -0.4 is 10.4 Å². The third-order valence-corrected chi connectivity index (χ3v) is 4.45. The molecule has 3 aromatic rings. The van der Waals surface area contributed by atoms with E-state index in [0.29, 0.717) is 0 Å². The van der Waals surface area contributed by atoms with Gasteiger partial charge in [-0.1, -0.05) is 87.5 Å². The van der Waals surface area contributed by atoms with E-state index in [-0.39, 0.29) is 5.41 Å². The van der Waals surface area contributed by atoms with Crippen molar-refractivity contribution < 1.29 is 0 Å². The van der Waals surface area contributed by atoms with Gasteiger partial charge in [0.25, 0.3) is 0 Å². The van der Waals surface area contributed by atoms with E-state index in [2.05, 4.69) is 99.7 Å². The molecule has 0 heterocycles. The van der Waals surface area contributed by atoms with Crippen molar-refractivity contribution >= 4 is 22.9 Å². The van der Waals surface area contributed by atoms with Crippen molar-refractivity contribution in [3.8, 4) is 11.1 Å². The second-order valence-electron chi connectivity index (χ2n) is 7.63. The second kappa shape index (κ2) is 5.49. The molecule has 0 unspecified atom stereocenters. The van der Waals surface area contributed by atoms with Gasteiger partial charge in [0.15, 0.2) is 0 Å². The monoisotopic (exact) mass is 310 g/mol. The van der Waals surface area contributed by atoms with Crippen molar-refractivity contribution in [2.45, 2.75) is 20.8 Å². The highest BCUT2D eigenvalue weighted by molar-refractivity contribution is 5.97. The first-order valence-corrected chi connectivity index (χ1v) is 8.55. The molecule has 1 aliphatic carbocycles. The lowest BCUT2D eigenvalue weighted by Crippen LogP contribution is -2.23. The highest BCUT2D eigenvalue weighted by Gasteiger charge is 2.11. The minimum absolute atomic E-state index is 0.185. The summed E-state index contributed by atoms with van der Waals surface area (Å²) in [6, 6.07) is 21.8. The summed E-state index contributed by atoms with van der Waals surface area (Å²) in [5.74, 6) is 0. The van der Waals surface area contributed by atoms with Crippen molar-refractivity contribution in [1.82, 2.24) is 0 Å². The molecule has 0 N–H and O–H groups in total. The van der Waals surface area contributed by atoms with Crippen LogP contribution in [0, 0.1) is 5.41 Å². The van der Waals surface area contributed by atoms with E-state index < -0.39 is 0 Å². The lowest BCUT2D eigenvalue weighted by atomic mass is 9.93. The van der Waals surface area contributed by atoms with E-state index in [0.717, 1.165) is 0 Å². The summed E-state index contributed by atoms with van der Waals surface area (Å²) in [6.45, 7) is 6.74. The molecule has 0 aliphatic heterocycles. The minimum Gasteiger partial charge on any atom is -0.0718 e. The van der Waals surface area contributed by atoms with Crippen LogP contribution in [0.2, 0.25) is 0 Å². The Morgan fingerprint density at radius 1 is 0.708 bits per heavy atom. The molecule has 0 radical (unpaired) electrons. The average molecular weight is 310 g/mol. The number of hydrogen-bond donors (Lipinski definition) is 0. The summed E-state index contributed by atoms with van der Waals surface area (Å²) in [7, 11) is 0. The molecule has 0 saturated heterocycles. The number of fused-ring (bicyclic) bond motifs is 2. The van der Waals surface area contributed by atoms with Crippen LogP contribution in [0.3, 0.4) is 0 Å². The van der Waals surface area contributed by atoms with Gasteiger partial charge in [-0.25, -0.2) is 0 Å². The summed E-state index contributed by atoms with van der Waals surface area (Å²) >= 11 is 0. The third kappa shape index (κ3) is 2.69. The topological polar surface area (TPSA) is 0 Å². The van der Waals surface area contributed by atoms with Gasteiger partial charge in [0.1, 0.15) is 0 Å². The number of benzene rings is 3. The minimum atomic E-state index is 0.185. The van der Waals surface area contributed by atoms with Gasteiger partial charge in [0, 0.05) is 0 Å². The van der Waals surface area contributed by atoms with Crippen LogP contribution >= 0.6 is 0 Å². The van der Waals surface area contributed by atoms with Gasteiger partial charge in [-0.3, -0.25) is 0 Å². The standard InChI is InChI=1S/C24H22/c1-24(2,3)16-17-14-19-10-7-13-22(23(19)15-17)21-12-6-9-18-8-4-5-11-20(18)21/h4-16H,1-3H3. The first kappa shape index (κ1) is 15.0. The molecule has 0 fully saturated rings. The predicted octanol–water partition coefficient (Wildman–Crippen LogP) is 5.05. The van der Waals surface area contributed by atoms with Crippen LogP contribution in [-0.2, 0) is 0 Å². The molecule has 0 bridgehead atoms. The van der Waals surface area contributed by atoms with Crippen LogP contribution in [0.1, 0.15) is 20.8 Å². The van der Waals surface area contributed by atoms with Crippen molar-refractivity contribution in [2.24, 2.45) is 5.41 Å². The van der Waals surface area contributed by atoms with Gasteiger partial charge < -0.3 is 0 Å². The fourth-order valence-corrected chi connectivity index (χ4v) is 3.54. The van der Waals surface area contributed by atoms with Gasteiger partial charge in [-0.2, -0.15) is 0 Å². The molecule has 4 rings (SSSR count). The first-order valence-electron chi connectivity index (χ1n) is 8.55. The number of rotatable bonds is 1. The van der Waals surface area contributed by atoms with Gasteiger partial charge in [0.05, 0.1) is 0 Å². The van der Waals surface area contributed by atoms with E-state index in [4.69, 9.17) is 0 Å². The van der Waals surface area contributed by atoms with Gasteiger partial charge in [0.2, 0.25) is 0 Å². The molecule has 1 aliphatic rings. The fraction of sp³-hybridized carbons (Fsp3) is 0.167. The zero-order chi connectivity index (χ0) is 16.7. The van der Waals surface area contributed by atoms with Crippen LogP contribution in [0.5, 0.6) is 0 Å². The zero-order valence-corrected chi connectivity index (χ0v) is 14.5. The maximum Gasteiger partial charge on any atom is -0.00990 e. The quantitative estimate of drug-likeness (QED) is 0.590. The summed E-state index contributed by atoms with van der Waals surface area (Å²) in [5.41, 5.74) is 4.12. The van der Waals surface area contributed by atoms with Crippen LogP contribution in [-0.4, -0.2) is 0 Å². The highest BCUT2D eigenvalue weighted by atomic mass is 14.2. The maximum absolute atomic E-state index is 2.35. The second-order valence-corrected chi connectivity index (χ2v) is 7.63. The van der Waals surface area contributed by atoms with E-state index in [1.165, 1.54) is 37.9 Å². The summed E-state index contributed by atoms with van der Waals surface area (Å²) < 4.78 is 0. The first-order chi connectivity index (χ1) is 11.5. The van der Waals surface area contributed by atoms with Gasteiger partial charge in [-0.05, 0) is 55.5 Å². The Labute approximate surface area is 143 Å². The zero-order valence-electron chi connectivity index (χ0n) is 14.5. The van der Waals surface area contributed by atoms with Crippen molar-refractivity contribution in [3.05, 3.63) is 82.8 Å². The van der Waals surface area contributed by atoms with E-state index in [1.54, 1.807) is 0 Å². The highest BCUT2D eigenvalue weighted by Crippen LogP contribution is 2.27. The Hall–Kier alpha value is -2.60. The molecule has 3 aromatic carbocycles. The summed E-state index contributed by atoms with van der Waals surface area (Å²) in [5, 5.41) is 5.26. The van der Waals surface area contributed by atoms with Crippen LogP contribution in [0.4, 0.5) is 0 Å². The van der Waals surface area contributed by atoms with Gasteiger partial charge in [-0.15, -0.1) is 0 Å². The Kier molecular flexibility index (Phi) is 3.42. The smallest absolute Gasteiger partial charge is 0.00990 e. The van der Waals surface area contributed by atoms with E-state index in [9.17, 15) is 0 Å². The molecule has 0 aromatic heterocycles.